The maximum absolute atomic E-state index is 13.0. The second-order valence-corrected chi connectivity index (χ2v) is 7.57. The lowest BCUT2D eigenvalue weighted by Gasteiger charge is -2.35. The molecular weight excluding hydrogens is 358 g/mol. The number of hydrogen-bond donors (Lipinski definition) is 0. The Bertz CT molecular complexity index is 615. The van der Waals surface area contributed by atoms with Crippen LogP contribution in [-0.2, 0) is 20.9 Å². The SMILES string of the molecule is CCN(CCn1cccn1)C(=O)[C@H]1CCC(=O)N(CCCN2CCOCC2)C1. The van der Waals surface area contributed by atoms with Gasteiger partial charge >= 0.3 is 0 Å². The Kier molecular flexibility index (Phi) is 7.85. The van der Waals surface area contributed by atoms with E-state index in [2.05, 4.69) is 10.00 Å². The minimum atomic E-state index is -0.0846. The lowest BCUT2D eigenvalue weighted by molar-refractivity contribution is -0.143. The van der Waals surface area contributed by atoms with Gasteiger partial charge in [-0.3, -0.25) is 19.2 Å². The smallest absolute Gasteiger partial charge is 0.227 e. The summed E-state index contributed by atoms with van der Waals surface area (Å²) in [6.07, 6.45) is 5.75. The van der Waals surface area contributed by atoms with Gasteiger partial charge in [-0.25, -0.2) is 0 Å². The summed E-state index contributed by atoms with van der Waals surface area (Å²) in [5.41, 5.74) is 0. The number of ether oxygens (including phenoxy) is 1. The summed E-state index contributed by atoms with van der Waals surface area (Å²) in [6.45, 7) is 9.84. The van der Waals surface area contributed by atoms with Crippen molar-refractivity contribution in [3.8, 4) is 0 Å². The van der Waals surface area contributed by atoms with E-state index in [1.165, 1.54) is 0 Å². The van der Waals surface area contributed by atoms with Crippen molar-refractivity contribution >= 4 is 11.8 Å². The predicted octanol–water partition coefficient (Wildman–Crippen LogP) is 0.693. The first-order valence-electron chi connectivity index (χ1n) is 10.5. The van der Waals surface area contributed by atoms with Gasteiger partial charge in [0.25, 0.3) is 0 Å². The van der Waals surface area contributed by atoms with Crippen LogP contribution in [0.4, 0.5) is 0 Å². The van der Waals surface area contributed by atoms with Crippen molar-refractivity contribution < 1.29 is 14.3 Å². The molecule has 2 amide bonds. The Morgan fingerprint density at radius 3 is 2.82 bits per heavy atom. The van der Waals surface area contributed by atoms with Crippen LogP contribution in [0.3, 0.4) is 0 Å². The third-order valence-corrected chi connectivity index (χ3v) is 5.71. The van der Waals surface area contributed by atoms with Crippen molar-refractivity contribution in [1.82, 2.24) is 24.5 Å². The highest BCUT2D eigenvalue weighted by Gasteiger charge is 2.32. The first kappa shape index (κ1) is 20.8. The van der Waals surface area contributed by atoms with Crippen LogP contribution in [0.15, 0.2) is 18.5 Å². The molecule has 0 aromatic carbocycles. The van der Waals surface area contributed by atoms with Gasteiger partial charge in [-0.05, 0) is 25.8 Å². The third kappa shape index (κ3) is 5.78. The van der Waals surface area contributed by atoms with Crippen molar-refractivity contribution in [3.63, 3.8) is 0 Å². The average Bonchev–Trinajstić information content (AvgIpc) is 3.24. The van der Waals surface area contributed by atoms with Crippen LogP contribution in [0.5, 0.6) is 0 Å². The Morgan fingerprint density at radius 1 is 1.29 bits per heavy atom. The van der Waals surface area contributed by atoms with Crippen LogP contribution < -0.4 is 0 Å². The number of morpholine rings is 1. The first-order valence-corrected chi connectivity index (χ1v) is 10.5. The Morgan fingerprint density at radius 2 is 2.11 bits per heavy atom. The highest BCUT2D eigenvalue weighted by Crippen LogP contribution is 2.20. The second-order valence-electron chi connectivity index (χ2n) is 7.57. The molecule has 2 aliphatic heterocycles. The van der Waals surface area contributed by atoms with Gasteiger partial charge < -0.3 is 14.5 Å². The molecule has 2 fully saturated rings. The maximum Gasteiger partial charge on any atom is 0.227 e. The van der Waals surface area contributed by atoms with Crippen LogP contribution in [0.25, 0.3) is 0 Å². The molecule has 2 aliphatic rings. The maximum atomic E-state index is 13.0. The van der Waals surface area contributed by atoms with E-state index in [9.17, 15) is 9.59 Å². The van der Waals surface area contributed by atoms with E-state index in [4.69, 9.17) is 4.74 Å². The van der Waals surface area contributed by atoms with Crippen LogP contribution in [0.1, 0.15) is 26.2 Å². The number of aromatic nitrogens is 2. The molecule has 28 heavy (non-hydrogen) atoms. The fourth-order valence-electron chi connectivity index (χ4n) is 3.98. The number of rotatable bonds is 9. The fourth-order valence-corrected chi connectivity index (χ4v) is 3.98. The first-order chi connectivity index (χ1) is 13.7. The van der Waals surface area contributed by atoms with Gasteiger partial charge in [0.1, 0.15) is 0 Å². The summed E-state index contributed by atoms with van der Waals surface area (Å²) < 4.78 is 7.22. The minimum absolute atomic E-state index is 0.0846. The summed E-state index contributed by atoms with van der Waals surface area (Å²) in [4.78, 5) is 31.5. The van der Waals surface area contributed by atoms with E-state index in [0.717, 1.165) is 45.8 Å². The summed E-state index contributed by atoms with van der Waals surface area (Å²) in [5.74, 6) is 0.268. The molecule has 1 aromatic rings. The summed E-state index contributed by atoms with van der Waals surface area (Å²) in [5, 5.41) is 4.20. The van der Waals surface area contributed by atoms with Crippen LogP contribution in [-0.4, -0.2) is 95.3 Å². The molecule has 0 spiro atoms. The zero-order valence-corrected chi connectivity index (χ0v) is 17.0. The van der Waals surface area contributed by atoms with Gasteiger partial charge in [0.15, 0.2) is 0 Å². The molecule has 3 heterocycles. The predicted molar refractivity (Wildman–Crippen MR) is 106 cm³/mol. The molecule has 1 aromatic heterocycles. The van der Waals surface area contributed by atoms with E-state index in [0.29, 0.717) is 39.0 Å². The molecule has 2 saturated heterocycles. The zero-order valence-electron chi connectivity index (χ0n) is 17.0. The molecule has 156 valence electrons. The summed E-state index contributed by atoms with van der Waals surface area (Å²) in [6, 6.07) is 1.89. The normalized spacial score (nSPS) is 21.1. The number of likely N-dealkylation sites (N-methyl/N-ethyl adjacent to an activating group) is 1. The number of carbonyl (C=O) groups is 2. The molecule has 3 rings (SSSR count). The molecule has 0 N–H and O–H groups in total. The number of likely N-dealkylation sites (tertiary alicyclic amines) is 1. The lowest BCUT2D eigenvalue weighted by atomic mass is 9.95. The van der Waals surface area contributed by atoms with Gasteiger partial charge in [0, 0.05) is 64.6 Å². The third-order valence-electron chi connectivity index (χ3n) is 5.71. The van der Waals surface area contributed by atoms with Gasteiger partial charge in [-0.1, -0.05) is 0 Å². The number of amides is 2. The minimum Gasteiger partial charge on any atom is -0.379 e. The van der Waals surface area contributed by atoms with Gasteiger partial charge in [0.2, 0.25) is 11.8 Å². The van der Waals surface area contributed by atoms with Crippen molar-refractivity contribution in [3.05, 3.63) is 18.5 Å². The molecule has 8 nitrogen and oxygen atoms in total. The standard InChI is InChI=1S/C20H33N5O3/c1-2-23(11-12-25-10-3-7-21-25)20(27)18-5-6-19(26)24(17-18)9-4-8-22-13-15-28-16-14-22/h3,7,10,18H,2,4-6,8-9,11-17H2,1H3/t18-/m0/s1. The van der Waals surface area contributed by atoms with E-state index in [-0.39, 0.29) is 17.7 Å². The highest BCUT2D eigenvalue weighted by atomic mass is 16.5. The second kappa shape index (κ2) is 10.6. The molecule has 0 saturated carbocycles. The van der Waals surface area contributed by atoms with Gasteiger partial charge in [0.05, 0.1) is 25.7 Å². The monoisotopic (exact) mass is 391 g/mol. The number of nitrogens with zero attached hydrogens (tertiary/aromatic N) is 5. The topological polar surface area (TPSA) is 70.9 Å². The van der Waals surface area contributed by atoms with E-state index >= 15 is 0 Å². The largest absolute Gasteiger partial charge is 0.379 e. The van der Waals surface area contributed by atoms with Crippen LogP contribution in [0, 0.1) is 5.92 Å². The molecule has 1 atom stereocenters. The molecule has 8 heteroatoms. The number of piperidine rings is 1. The molecule has 0 unspecified atom stereocenters. The highest BCUT2D eigenvalue weighted by molar-refractivity contribution is 5.83. The van der Waals surface area contributed by atoms with E-state index in [1.54, 1.807) is 6.20 Å². The Labute approximate surface area is 167 Å². The van der Waals surface area contributed by atoms with Crippen LogP contribution in [0.2, 0.25) is 0 Å². The summed E-state index contributed by atoms with van der Waals surface area (Å²) >= 11 is 0. The van der Waals surface area contributed by atoms with E-state index in [1.807, 2.05) is 33.7 Å². The van der Waals surface area contributed by atoms with E-state index < -0.39 is 0 Å². The Balaban J connectivity index is 1.45. The summed E-state index contributed by atoms with van der Waals surface area (Å²) in [7, 11) is 0. The van der Waals surface area contributed by atoms with Gasteiger partial charge in [-0.15, -0.1) is 0 Å². The van der Waals surface area contributed by atoms with Crippen molar-refractivity contribution in [2.75, 3.05) is 59.0 Å². The molecule has 0 bridgehead atoms. The zero-order chi connectivity index (χ0) is 19.8. The van der Waals surface area contributed by atoms with Crippen LogP contribution >= 0.6 is 0 Å². The average molecular weight is 392 g/mol. The molecule has 0 aliphatic carbocycles. The quantitative estimate of drug-likeness (QED) is 0.620. The number of hydrogen-bond acceptors (Lipinski definition) is 5. The molecule has 0 radical (unpaired) electrons. The molecular formula is C20H33N5O3. The fraction of sp³-hybridized carbons (Fsp3) is 0.750. The lowest BCUT2D eigenvalue weighted by Crippen LogP contribution is -2.48. The Hall–Kier alpha value is -1.93. The van der Waals surface area contributed by atoms with Crippen molar-refractivity contribution in [2.45, 2.75) is 32.7 Å². The van der Waals surface area contributed by atoms with Crippen molar-refractivity contribution in [1.29, 1.82) is 0 Å². The van der Waals surface area contributed by atoms with Gasteiger partial charge in [-0.2, -0.15) is 5.10 Å². The number of carbonyl (C=O) groups excluding carboxylic acids is 2. The van der Waals surface area contributed by atoms with Crippen molar-refractivity contribution in [2.24, 2.45) is 5.92 Å².